The predicted octanol–water partition coefficient (Wildman–Crippen LogP) is 2.99. The normalized spacial score (nSPS) is 23.6. The number of rotatable bonds is 3. The van der Waals surface area contributed by atoms with Gasteiger partial charge in [0.2, 0.25) is 17.7 Å². The van der Waals surface area contributed by atoms with E-state index < -0.39 is 0 Å². The molecule has 0 saturated carbocycles. The van der Waals surface area contributed by atoms with Crippen molar-refractivity contribution in [1.29, 1.82) is 0 Å². The van der Waals surface area contributed by atoms with Gasteiger partial charge in [-0.15, -0.1) is 0 Å². The van der Waals surface area contributed by atoms with Crippen LogP contribution >= 0.6 is 0 Å². The van der Waals surface area contributed by atoms with E-state index in [1.54, 1.807) is 4.90 Å². The molecule has 0 spiro atoms. The molecule has 0 unspecified atom stereocenters. The topological polar surface area (TPSA) is 60.9 Å². The van der Waals surface area contributed by atoms with E-state index in [0.717, 1.165) is 50.0 Å². The monoisotopic (exact) mass is 411 g/mol. The highest BCUT2D eigenvalue weighted by molar-refractivity contribution is 6.00. The van der Waals surface area contributed by atoms with Gasteiger partial charge in [-0.2, -0.15) is 0 Å². The Hall–Kier alpha value is -2.37. The van der Waals surface area contributed by atoms with Crippen LogP contribution in [-0.2, 0) is 14.4 Å². The van der Waals surface area contributed by atoms with E-state index in [9.17, 15) is 14.4 Å². The van der Waals surface area contributed by atoms with Crippen LogP contribution in [0.25, 0.3) is 0 Å². The summed E-state index contributed by atoms with van der Waals surface area (Å²) in [4.78, 5) is 44.1. The van der Waals surface area contributed by atoms with E-state index >= 15 is 0 Å². The van der Waals surface area contributed by atoms with Crippen LogP contribution in [-0.4, -0.2) is 60.2 Å². The first-order valence-electron chi connectivity index (χ1n) is 11.5. The number of benzene rings is 1. The molecule has 3 amide bonds. The average molecular weight is 412 g/mol. The molecule has 30 heavy (non-hydrogen) atoms. The molecule has 3 saturated heterocycles. The molecule has 0 N–H and O–H groups in total. The van der Waals surface area contributed by atoms with Gasteiger partial charge in [0.15, 0.2) is 0 Å². The van der Waals surface area contributed by atoms with Crippen LogP contribution in [0.2, 0.25) is 0 Å². The zero-order valence-electron chi connectivity index (χ0n) is 18.0. The van der Waals surface area contributed by atoms with Crippen molar-refractivity contribution in [3.63, 3.8) is 0 Å². The highest BCUT2D eigenvalue weighted by Crippen LogP contribution is 2.29. The first-order chi connectivity index (χ1) is 14.5. The summed E-state index contributed by atoms with van der Waals surface area (Å²) in [6.07, 6.45) is 6.41. The first-order valence-corrected chi connectivity index (χ1v) is 11.5. The molecule has 3 aliphatic rings. The lowest BCUT2D eigenvalue weighted by atomic mass is 9.94. The maximum absolute atomic E-state index is 13.1. The molecule has 1 aromatic rings. The van der Waals surface area contributed by atoms with Crippen LogP contribution in [0.1, 0.15) is 50.5 Å². The van der Waals surface area contributed by atoms with Gasteiger partial charge in [-0.25, -0.2) is 0 Å². The summed E-state index contributed by atoms with van der Waals surface area (Å²) in [5.74, 6) is 0.130. The Morgan fingerprint density at radius 2 is 1.37 bits per heavy atom. The molecule has 0 aromatic heterocycles. The van der Waals surface area contributed by atoms with Crippen molar-refractivity contribution < 1.29 is 14.4 Å². The quantitative estimate of drug-likeness (QED) is 0.768. The highest BCUT2D eigenvalue weighted by atomic mass is 16.2. The Balaban J connectivity index is 1.30. The molecule has 4 rings (SSSR count). The highest BCUT2D eigenvalue weighted by Gasteiger charge is 2.39. The molecule has 3 fully saturated rings. The molecule has 0 bridgehead atoms. The van der Waals surface area contributed by atoms with Crippen LogP contribution in [0.15, 0.2) is 24.3 Å². The molecule has 6 heteroatoms. The van der Waals surface area contributed by atoms with E-state index in [4.69, 9.17) is 0 Å². The minimum atomic E-state index is -0.281. The van der Waals surface area contributed by atoms with E-state index in [1.165, 1.54) is 12.8 Å². The second kappa shape index (κ2) is 9.19. The number of likely N-dealkylation sites (tertiary alicyclic amines) is 2. The molecule has 162 valence electrons. The summed E-state index contributed by atoms with van der Waals surface area (Å²) in [6, 6.07) is 7.87. The zero-order chi connectivity index (χ0) is 21.1. The van der Waals surface area contributed by atoms with Gasteiger partial charge in [-0.1, -0.05) is 30.5 Å². The van der Waals surface area contributed by atoms with Gasteiger partial charge >= 0.3 is 0 Å². The molecular formula is C24H33N3O3. The van der Waals surface area contributed by atoms with E-state index in [0.29, 0.717) is 19.6 Å². The fourth-order valence-electron chi connectivity index (χ4n) is 5.00. The smallest absolute Gasteiger partial charge is 0.228 e. The van der Waals surface area contributed by atoms with Crippen LogP contribution < -0.4 is 4.90 Å². The van der Waals surface area contributed by atoms with E-state index in [-0.39, 0.29) is 36.0 Å². The summed E-state index contributed by atoms with van der Waals surface area (Å²) in [7, 11) is 0. The number of hydrogen-bond donors (Lipinski definition) is 0. The fourth-order valence-corrected chi connectivity index (χ4v) is 5.00. The minimum Gasteiger partial charge on any atom is -0.342 e. The van der Waals surface area contributed by atoms with Crippen molar-refractivity contribution in [2.24, 2.45) is 11.8 Å². The van der Waals surface area contributed by atoms with Crippen LogP contribution in [0.4, 0.5) is 5.69 Å². The van der Waals surface area contributed by atoms with E-state index in [1.807, 2.05) is 41.0 Å². The van der Waals surface area contributed by atoms with Crippen molar-refractivity contribution in [2.75, 3.05) is 37.6 Å². The Labute approximate surface area is 179 Å². The molecule has 3 heterocycles. The van der Waals surface area contributed by atoms with Gasteiger partial charge in [0, 0.05) is 50.7 Å². The van der Waals surface area contributed by atoms with Crippen molar-refractivity contribution in [3.8, 4) is 0 Å². The van der Waals surface area contributed by atoms with Crippen LogP contribution in [0.5, 0.6) is 0 Å². The van der Waals surface area contributed by atoms with Crippen molar-refractivity contribution >= 4 is 23.4 Å². The third-order valence-corrected chi connectivity index (χ3v) is 6.89. The van der Waals surface area contributed by atoms with Gasteiger partial charge < -0.3 is 14.7 Å². The Bertz CT molecular complexity index is 775. The van der Waals surface area contributed by atoms with Crippen molar-refractivity contribution in [1.82, 2.24) is 9.80 Å². The summed E-state index contributed by atoms with van der Waals surface area (Å²) in [5, 5.41) is 0. The van der Waals surface area contributed by atoms with Crippen molar-refractivity contribution in [2.45, 2.75) is 51.9 Å². The number of anilines is 1. The number of amides is 3. The predicted molar refractivity (Wildman–Crippen MR) is 116 cm³/mol. The minimum absolute atomic E-state index is 0.0171. The Kier molecular flexibility index (Phi) is 6.40. The Morgan fingerprint density at radius 3 is 2.00 bits per heavy atom. The molecule has 1 atom stereocenters. The number of aryl methyl sites for hydroxylation is 1. The molecule has 0 radical (unpaired) electrons. The third-order valence-electron chi connectivity index (χ3n) is 6.89. The largest absolute Gasteiger partial charge is 0.342 e. The number of hydrogen-bond acceptors (Lipinski definition) is 3. The molecule has 3 aliphatic heterocycles. The first kappa shape index (κ1) is 20.9. The molecule has 1 aromatic carbocycles. The number of carbonyl (C=O) groups excluding carboxylic acids is 3. The molecule has 6 nitrogen and oxygen atoms in total. The van der Waals surface area contributed by atoms with Crippen LogP contribution in [0.3, 0.4) is 0 Å². The summed E-state index contributed by atoms with van der Waals surface area (Å²) >= 11 is 0. The third kappa shape index (κ3) is 4.52. The average Bonchev–Trinajstić information content (AvgIpc) is 2.97. The lowest BCUT2D eigenvalue weighted by molar-refractivity contribution is -0.142. The van der Waals surface area contributed by atoms with Gasteiger partial charge in [-0.3, -0.25) is 14.4 Å². The fraction of sp³-hybridized carbons (Fsp3) is 0.625. The second-order valence-corrected chi connectivity index (χ2v) is 9.08. The van der Waals surface area contributed by atoms with Crippen molar-refractivity contribution in [3.05, 3.63) is 29.8 Å². The summed E-state index contributed by atoms with van der Waals surface area (Å²) < 4.78 is 0. The SMILES string of the molecule is Cc1ccc(N2C[C@@H](C(=O)N3CCC(C(=O)N4CCCCCC4)CC3)CC2=O)cc1. The van der Waals surface area contributed by atoms with Gasteiger partial charge in [0.1, 0.15) is 0 Å². The molecular weight excluding hydrogens is 378 g/mol. The van der Waals surface area contributed by atoms with Gasteiger partial charge in [0.05, 0.1) is 5.92 Å². The lowest BCUT2D eigenvalue weighted by Gasteiger charge is -2.35. The second-order valence-electron chi connectivity index (χ2n) is 9.08. The number of piperidine rings is 1. The number of nitrogens with zero attached hydrogens (tertiary/aromatic N) is 3. The maximum Gasteiger partial charge on any atom is 0.228 e. The van der Waals surface area contributed by atoms with Crippen LogP contribution in [0, 0.1) is 18.8 Å². The van der Waals surface area contributed by atoms with Gasteiger partial charge in [0.25, 0.3) is 0 Å². The van der Waals surface area contributed by atoms with E-state index in [2.05, 4.69) is 0 Å². The number of carbonyl (C=O) groups is 3. The maximum atomic E-state index is 13.1. The zero-order valence-corrected chi connectivity index (χ0v) is 18.0. The van der Waals surface area contributed by atoms with Gasteiger partial charge in [-0.05, 0) is 44.7 Å². The lowest BCUT2D eigenvalue weighted by Crippen LogP contribution is -2.46. The Morgan fingerprint density at radius 1 is 0.800 bits per heavy atom. The summed E-state index contributed by atoms with van der Waals surface area (Å²) in [5.41, 5.74) is 2.01. The standard InChI is InChI=1S/C24H33N3O3/c1-18-6-8-21(9-7-18)27-17-20(16-22(27)28)24(30)26-14-10-19(11-15-26)23(29)25-12-4-2-3-5-13-25/h6-9,19-20H,2-5,10-17H2,1H3/t20-/m0/s1. The summed E-state index contributed by atoms with van der Waals surface area (Å²) in [6.45, 7) is 5.49. The molecule has 0 aliphatic carbocycles.